The summed E-state index contributed by atoms with van der Waals surface area (Å²) >= 11 is 2.49. The second kappa shape index (κ2) is 12.2. The Kier molecular flexibility index (Phi) is 8.95. The van der Waals surface area contributed by atoms with Gasteiger partial charge in [0.05, 0.1) is 35.6 Å². The van der Waals surface area contributed by atoms with Gasteiger partial charge in [-0.05, 0) is 50.3 Å². The highest BCUT2D eigenvalue weighted by molar-refractivity contribution is 7.99. The van der Waals surface area contributed by atoms with Crippen LogP contribution in [0.1, 0.15) is 62.3 Å². The standard InChI is InChI=1S/C25H26F3N5O4S2/c1-3-37-23(36)20-15-9-5-7-11-17(15)39-22(20)30-19(34)13-38-24-32-31-18(33(24)2)12-29-21(35)14-8-4-6-10-16(14)25(26,27)28/h4,6,8,10H,3,5,7,9,11-13H2,1-2H3,(H,29,35)(H,30,34). The number of nitrogens with one attached hydrogen (secondary N) is 2. The van der Waals surface area contributed by atoms with Gasteiger partial charge in [-0.1, -0.05) is 23.9 Å². The number of thioether (sulfide) groups is 1. The van der Waals surface area contributed by atoms with Crippen molar-refractivity contribution in [2.75, 3.05) is 17.7 Å². The number of carbonyl (C=O) groups excluding carboxylic acids is 3. The molecule has 0 bridgehead atoms. The van der Waals surface area contributed by atoms with Crippen LogP contribution in [0.4, 0.5) is 18.2 Å². The molecule has 208 valence electrons. The Labute approximate surface area is 230 Å². The lowest BCUT2D eigenvalue weighted by atomic mass is 9.95. The number of fused-ring (bicyclic) bond motifs is 1. The Balaban J connectivity index is 1.37. The molecule has 1 aliphatic rings. The first kappa shape index (κ1) is 28.6. The Morgan fingerprint density at radius 1 is 1.15 bits per heavy atom. The highest BCUT2D eigenvalue weighted by atomic mass is 32.2. The van der Waals surface area contributed by atoms with Crippen LogP contribution in [-0.2, 0) is 42.1 Å². The SMILES string of the molecule is CCOC(=O)c1c(NC(=O)CSc2nnc(CNC(=O)c3ccccc3C(F)(F)F)n2C)sc2c1CCCC2. The number of halogens is 3. The number of anilines is 1. The first-order chi connectivity index (χ1) is 18.6. The lowest BCUT2D eigenvalue weighted by Gasteiger charge is -2.12. The topological polar surface area (TPSA) is 115 Å². The Hall–Kier alpha value is -3.39. The average Bonchev–Trinajstić information content (AvgIpc) is 3.44. The molecule has 0 saturated heterocycles. The van der Waals surface area contributed by atoms with Crippen LogP contribution in [0.2, 0.25) is 0 Å². The summed E-state index contributed by atoms with van der Waals surface area (Å²) in [6.07, 6.45) is -1.03. The molecule has 2 N–H and O–H groups in total. The molecular formula is C25H26F3N5O4S2. The summed E-state index contributed by atoms with van der Waals surface area (Å²) in [6.45, 7) is 1.80. The Morgan fingerprint density at radius 2 is 1.90 bits per heavy atom. The highest BCUT2D eigenvalue weighted by Crippen LogP contribution is 2.39. The predicted molar refractivity (Wildman–Crippen MR) is 140 cm³/mol. The number of rotatable bonds is 9. The quantitative estimate of drug-likeness (QED) is 0.280. The lowest BCUT2D eigenvalue weighted by molar-refractivity contribution is -0.138. The number of amides is 2. The van der Waals surface area contributed by atoms with E-state index in [1.807, 2.05) is 0 Å². The van der Waals surface area contributed by atoms with Crippen LogP contribution >= 0.6 is 23.1 Å². The van der Waals surface area contributed by atoms with E-state index < -0.39 is 29.2 Å². The van der Waals surface area contributed by atoms with Crippen molar-refractivity contribution in [2.45, 2.75) is 50.5 Å². The van der Waals surface area contributed by atoms with Crippen molar-refractivity contribution in [3.8, 4) is 0 Å². The largest absolute Gasteiger partial charge is 0.462 e. The zero-order valence-corrected chi connectivity index (χ0v) is 22.8. The number of benzene rings is 1. The molecule has 0 spiro atoms. The van der Waals surface area contributed by atoms with Crippen molar-refractivity contribution < 1.29 is 32.3 Å². The van der Waals surface area contributed by atoms with Crippen molar-refractivity contribution in [3.05, 3.63) is 57.2 Å². The van der Waals surface area contributed by atoms with E-state index in [0.29, 0.717) is 21.5 Å². The van der Waals surface area contributed by atoms with Crippen molar-refractivity contribution >= 4 is 45.9 Å². The van der Waals surface area contributed by atoms with Crippen molar-refractivity contribution in [1.82, 2.24) is 20.1 Å². The summed E-state index contributed by atoms with van der Waals surface area (Å²) in [5.74, 6) is -1.41. The zero-order chi connectivity index (χ0) is 28.2. The normalized spacial score (nSPS) is 13.1. The molecule has 39 heavy (non-hydrogen) atoms. The molecule has 2 aromatic heterocycles. The molecule has 0 aliphatic heterocycles. The molecule has 0 saturated carbocycles. The Morgan fingerprint density at radius 3 is 2.64 bits per heavy atom. The number of carbonyl (C=O) groups is 3. The number of alkyl halides is 3. The van der Waals surface area contributed by atoms with E-state index in [1.165, 1.54) is 23.5 Å². The van der Waals surface area contributed by atoms with Crippen molar-refractivity contribution in [2.24, 2.45) is 7.05 Å². The maximum absolute atomic E-state index is 13.2. The second-order valence-electron chi connectivity index (χ2n) is 8.66. The van der Waals surface area contributed by atoms with Crippen LogP contribution in [0.15, 0.2) is 29.4 Å². The minimum atomic E-state index is -4.66. The molecule has 0 fully saturated rings. The molecule has 0 atom stereocenters. The zero-order valence-electron chi connectivity index (χ0n) is 21.2. The molecule has 2 heterocycles. The summed E-state index contributed by atoms with van der Waals surface area (Å²) in [7, 11) is 1.62. The van der Waals surface area contributed by atoms with Crippen LogP contribution in [0.3, 0.4) is 0 Å². The first-order valence-electron chi connectivity index (χ1n) is 12.2. The van der Waals surface area contributed by atoms with Gasteiger partial charge >= 0.3 is 12.1 Å². The van der Waals surface area contributed by atoms with Crippen molar-refractivity contribution in [3.63, 3.8) is 0 Å². The maximum Gasteiger partial charge on any atom is 0.417 e. The van der Waals surface area contributed by atoms with Gasteiger partial charge in [0.25, 0.3) is 5.91 Å². The minimum absolute atomic E-state index is 0.0257. The van der Waals surface area contributed by atoms with Crippen LogP contribution in [0.5, 0.6) is 0 Å². The summed E-state index contributed by atoms with van der Waals surface area (Å²) < 4.78 is 46.4. The van der Waals surface area contributed by atoms with E-state index in [0.717, 1.165) is 60.0 Å². The average molecular weight is 582 g/mol. The van der Waals surface area contributed by atoms with Gasteiger partial charge in [0.2, 0.25) is 5.91 Å². The van der Waals surface area contributed by atoms with Crippen LogP contribution < -0.4 is 10.6 Å². The summed E-state index contributed by atoms with van der Waals surface area (Å²) in [5.41, 5.74) is -0.138. The van der Waals surface area contributed by atoms with Gasteiger partial charge in [-0.25, -0.2) is 4.79 Å². The predicted octanol–water partition coefficient (Wildman–Crippen LogP) is 4.61. The lowest BCUT2D eigenvalue weighted by Crippen LogP contribution is -2.27. The third-order valence-corrected chi connectivity index (χ3v) is 8.27. The summed E-state index contributed by atoms with van der Waals surface area (Å²) in [5, 5.41) is 14.1. The van der Waals surface area contributed by atoms with Crippen LogP contribution in [0.25, 0.3) is 0 Å². The molecule has 3 aromatic rings. The molecule has 1 aromatic carbocycles. The fourth-order valence-corrected chi connectivity index (χ4v) is 6.20. The van der Waals surface area contributed by atoms with Gasteiger partial charge in [-0.2, -0.15) is 13.2 Å². The summed E-state index contributed by atoms with van der Waals surface area (Å²) in [4.78, 5) is 38.9. The Bertz CT molecular complexity index is 1390. The minimum Gasteiger partial charge on any atom is -0.462 e. The first-order valence-corrected chi connectivity index (χ1v) is 14.0. The molecule has 2 amide bonds. The van der Waals surface area contributed by atoms with E-state index >= 15 is 0 Å². The molecule has 14 heteroatoms. The number of nitrogens with zero attached hydrogens (tertiary/aromatic N) is 3. The molecule has 0 unspecified atom stereocenters. The van der Waals surface area contributed by atoms with Crippen LogP contribution in [0, 0.1) is 0 Å². The molecule has 4 rings (SSSR count). The number of ether oxygens (including phenoxy) is 1. The van der Waals surface area contributed by atoms with Gasteiger partial charge in [-0.3, -0.25) is 9.59 Å². The molecule has 1 aliphatic carbocycles. The van der Waals surface area contributed by atoms with Gasteiger partial charge in [0.15, 0.2) is 11.0 Å². The third-order valence-electron chi connectivity index (χ3n) is 6.05. The number of aryl methyl sites for hydroxylation is 1. The van der Waals surface area contributed by atoms with E-state index in [-0.39, 0.29) is 24.8 Å². The van der Waals surface area contributed by atoms with E-state index in [9.17, 15) is 27.6 Å². The van der Waals surface area contributed by atoms with Gasteiger partial charge < -0.3 is 19.9 Å². The monoisotopic (exact) mass is 581 g/mol. The molecule has 0 radical (unpaired) electrons. The number of hydrogen-bond donors (Lipinski definition) is 2. The number of esters is 1. The fourth-order valence-electron chi connectivity index (χ4n) is 4.17. The number of thiophene rings is 1. The maximum atomic E-state index is 13.2. The smallest absolute Gasteiger partial charge is 0.417 e. The van der Waals surface area contributed by atoms with E-state index in [4.69, 9.17) is 4.74 Å². The number of aromatic nitrogens is 3. The second-order valence-corrected chi connectivity index (χ2v) is 10.7. The molecule has 9 nitrogen and oxygen atoms in total. The van der Waals surface area contributed by atoms with E-state index in [1.54, 1.807) is 18.5 Å². The van der Waals surface area contributed by atoms with E-state index in [2.05, 4.69) is 20.8 Å². The number of hydrogen-bond acceptors (Lipinski definition) is 8. The van der Waals surface area contributed by atoms with Gasteiger partial charge in [-0.15, -0.1) is 21.5 Å². The van der Waals surface area contributed by atoms with Gasteiger partial charge in [0, 0.05) is 11.9 Å². The highest BCUT2D eigenvalue weighted by Gasteiger charge is 2.35. The van der Waals surface area contributed by atoms with Gasteiger partial charge in [0.1, 0.15) is 5.00 Å². The summed E-state index contributed by atoms with van der Waals surface area (Å²) in [6, 6.07) is 4.52. The third kappa shape index (κ3) is 6.61. The van der Waals surface area contributed by atoms with Crippen molar-refractivity contribution in [1.29, 1.82) is 0 Å². The molecular weight excluding hydrogens is 555 g/mol. The van der Waals surface area contributed by atoms with Crippen LogP contribution in [-0.4, -0.2) is 44.9 Å². The fraction of sp³-hybridized carbons (Fsp3) is 0.400.